The maximum Gasteiger partial charge on any atom is 0.319 e. The maximum atomic E-state index is 16.7. The number of terminal acetylenes is 1. The minimum Gasteiger partial charge on any atom is -0.508 e. The molecule has 4 atom stereocenters. The molecule has 220 valence electrons. The number of hydrogen-bond donors (Lipinski definition) is 2. The summed E-state index contributed by atoms with van der Waals surface area (Å²) in [6.07, 6.45) is 9.86. The first kappa shape index (κ1) is 26.5. The third kappa shape index (κ3) is 4.28. The number of pyridine rings is 1. The normalized spacial score (nSPS) is 26.7. The number of nitrogens with one attached hydrogen (secondary N) is 1. The van der Waals surface area contributed by atoms with E-state index in [4.69, 9.17) is 16.1 Å². The molecule has 0 radical (unpaired) electrons. The monoisotopic (exact) mass is 582 g/mol. The number of benzene rings is 2. The summed E-state index contributed by atoms with van der Waals surface area (Å²) in [6, 6.07) is 8.89. The molecule has 43 heavy (non-hydrogen) atoms. The van der Waals surface area contributed by atoms with Crippen LogP contribution in [0.5, 0.6) is 11.8 Å². The number of aromatic hydroxyl groups is 1. The quantitative estimate of drug-likeness (QED) is 0.335. The van der Waals surface area contributed by atoms with Gasteiger partial charge in [-0.15, -0.1) is 6.42 Å². The number of phenols is 1. The Morgan fingerprint density at radius 2 is 2.12 bits per heavy atom. The Morgan fingerprint density at radius 3 is 2.98 bits per heavy atom. The van der Waals surface area contributed by atoms with E-state index in [-0.39, 0.29) is 35.1 Å². The Kier molecular flexibility index (Phi) is 6.17. The Balaban J connectivity index is 1.26. The molecule has 0 bridgehead atoms. The Morgan fingerprint density at radius 1 is 1.21 bits per heavy atom. The number of rotatable bonds is 5. The SMILES string of the molecule is C#Cc1cccc2cc(O)cc(-c3ncc4c(N5C[C@H]6CCN[C@H]6C5)nc(OC[C@@]56CCCN5C[C@H](F)C6)nc4c3F)c12. The molecule has 4 aliphatic rings. The van der Waals surface area contributed by atoms with E-state index < -0.39 is 12.0 Å². The first-order valence-corrected chi connectivity index (χ1v) is 15.0. The van der Waals surface area contributed by atoms with E-state index in [1.165, 1.54) is 6.07 Å². The standard InChI is InChI=1S/C33H32F2N6O2/c1-2-19-5-3-6-20-11-23(42)12-24(27(19)20)29-28(35)30-25(14-37-29)31(40-15-21-7-9-36-26(21)17-40)39-32(38-30)43-18-33-8-4-10-41(33)16-22(34)13-33/h1,3,5-6,11-12,14,21-22,26,36,42H,4,7-10,13,15-18H2/t21-,22-,26+,33+/m1/s1. The van der Waals surface area contributed by atoms with E-state index in [1.807, 2.05) is 6.07 Å². The van der Waals surface area contributed by atoms with Crippen molar-refractivity contribution in [2.24, 2.45) is 5.92 Å². The summed E-state index contributed by atoms with van der Waals surface area (Å²) in [5, 5.41) is 15.9. The molecule has 6 heterocycles. The molecule has 4 saturated heterocycles. The molecule has 4 aromatic rings. The fraction of sp³-hybridized carbons (Fsp3) is 0.424. The van der Waals surface area contributed by atoms with Crippen molar-refractivity contribution in [3.05, 3.63) is 47.9 Å². The number of alkyl halides is 1. The maximum absolute atomic E-state index is 16.7. The molecule has 4 fully saturated rings. The summed E-state index contributed by atoms with van der Waals surface area (Å²) in [5.41, 5.74) is 0.676. The molecule has 8 rings (SSSR count). The molecule has 8 nitrogen and oxygen atoms in total. The highest BCUT2D eigenvalue weighted by Crippen LogP contribution is 2.42. The highest BCUT2D eigenvalue weighted by Gasteiger charge is 2.49. The van der Waals surface area contributed by atoms with Crippen LogP contribution in [-0.4, -0.2) is 82.0 Å². The largest absolute Gasteiger partial charge is 0.508 e. The van der Waals surface area contributed by atoms with Crippen LogP contribution in [0.4, 0.5) is 14.6 Å². The molecule has 0 spiro atoms. The molecular weight excluding hydrogens is 550 g/mol. The van der Waals surface area contributed by atoms with Gasteiger partial charge in [0.25, 0.3) is 0 Å². The van der Waals surface area contributed by atoms with Gasteiger partial charge in [0.1, 0.15) is 35.6 Å². The lowest BCUT2D eigenvalue weighted by molar-refractivity contribution is 0.107. The van der Waals surface area contributed by atoms with Gasteiger partial charge in [-0.05, 0) is 61.9 Å². The molecule has 2 aromatic heterocycles. The fourth-order valence-corrected chi connectivity index (χ4v) is 7.90. The summed E-state index contributed by atoms with van der Waals surface area (Å²) < 4.78 is 37.4. The number of phenolic OH excluding ortho intramolecular Hbond substituents is 1. The number of aromatic nitrogens is 3. The van der Waals surface area contributed by atoms with E-state index >= 15 is 4.39 Å². The van der Waals surface area contributed by atoms with Crippen LogP contribution in [0.2, 0.25) is 0 Å². The fourth-order valence-electron chi connectivity index (χ4n) is 7.90. The van der Waals surface area contributed by atoms with Crippen LogP contribution in [0, 0.1) is 24.1 Å². The molecule has 0 saturated carbocycles. The van der Waals surface area contributed by atoms with Gasteiger partial charge in [0.05, 0.1) is 10.9 Å². The average Bonchev–Trinajstić information content (AvgIpc) is 3.76. The molecule has 0 unspecified atom stereocenters. The second-order valence-corrected chi connectivity index (χ2v) is 12.4. The predicted molar refractivity (Wildman–Crippen MR) is 160 cm³/mol. The molecule has 0 aliphatic carbocycles. The van der Waals surface area contributed by atoms with Gasteiger partial charge in [0, 0.05) is 54.8 Å². The van der Waals surface area contributed by atoms with Crippen LogP contribution >= 0.6 is 0 Å². The predicted octanol–water partition coefficient (Wildman–Crippen LogP) is 4.42. The lowest BCUT2D eigenvalue weighted by Gasteiger charge is -2.31. The minimum atomic E-state index is -0.885. The Labute approximate surface area is 248 Å². The second-order valence-electron chi connectivity index (χ2n) is 12.4. The number of hydrogen-bond acceptors (Lipinski definition) is 8. The Hall–Kier alpha value is -4.07. The van der Waals surface area contributed by atoms with Crippen molar-refractivity contribution in [1.29, 1.82) is 0 Å². The number of nitrogens with zero attached hydrogens (tertiary/aromatic N) is 5. The molecular formula is C33H32F2N6O2. The summed E-state index contributed by atoms with van der Waals surface area (Å²) in [6.45, 7) is 4.02. The van der Waals surface area contributed by atoms with Crippen molar-refractivity contribution in [3.8, 4) is 35.4 Å². The first-order chi connectivity index (χ1) is 20.9. The first-order valence-electron chi connectivity index (χ1n) is 15.0. The van der Waals surface area contributed by atoms with Crippen molar-refractivity contribution in [1.82, 2.24) is 25.2 Å². The summed E-state index contributed by atoms with van der Waals surface area (Å²) in [7, 11) is 0. The van der Waals surface area contributed by atoms with Crippen LogP contribution in [0.1, 0.15) is 31.2 Å². The van der Waals surface area contributed by atoms with Crippen molar-refractivity contribution >= 4 is 27.5 Å². The van der Waals surface area contributed by atoms with Gasteiger partial charge in [0.15, 0.2) is 5.82 Å². The van der Waals surface area contributed by atoms with Gasteiger partial charge >= 0.3 is 6.01 Å². The van der Waals surface area contributed by atoms with Gasteiger partial charge in [-0.25, -0.2) is 8.78 Å². The van der Waals surface area contributed by atoms with E-state index in [9.17, 15) is 9.50 Å². The van der Waals surface area contributed by atoms with E-state index in [0.29, 0.717) is 58.0 Å². The topological polar surface area (TPSA) is 86.6 Å². The zero-order valence-corrected chi connectivity index (χ0v) is 23.7. The zero-order valence-electron chi connectivity index (χ0n) is 23.7. The van der Waals surface area contributed by atoms with Gasteiger partial charge in [-0.2, -0.15) is 9.97 Å². The summed E-state index contributed by atoms with van der Waals surface area (Å²) in [5.74, 6) is 3.07. The second kappa shape index (κ2) is 10.00. The average molecular weight is 583 g/mol. The van der Waals surface area contributed by atoms with Crippen molar-refractivity contribution in [3.63, 3.8) is 0 Å². The summed E-state index contributed by atoms with van der Waals surface area (Å²) >= 11 is 0. The van der Waals surface area contributed by atoms with Gasteiger partial charge in [-0.3, -0.25) is 9.88 Å². The van der Waals surface area contributed by atoms with Crippen molar-refractivity contribution < 1.29 is 18.6 Å². The summed E-state index contributed by atoms with van der Waals surface area (Å²) in [4.78, 5) is 18.3. The van der Waals surface area contributed by atoms with E-state index in [0.717, 1.165) is 45.4 Å². The molecule has 2 aromatic carbocycles. The number of ether oxygens (including phenoxy) is 1. The van der Waals surface area contributed by atoms with Crippen LogP contribution in [0.3, 0.4) is 0 Å². The third-order valence-corrected chi connectivity index (χ3v) is 9.91. The lowest BCUT2D eigenvalue weighted by atomic mass is 9.95. The lowest BCUT2D eigenvalue weighted by Crippen LogP contribution is -2.43. The van der Waals surface area contributed by atoms with Crippen LogP contribution in [0.25, 0.3) is 32.9 Å². The van der Waals surface area contributed by atoms with Crippen LogP contribution < -0.4 is 15.0 Å². The van der Waals surface area contributed by atoms with Gasteiger partial charge < -0.3 is 20.1 Å². The van der Waals surface area contributed by atoms with Gasteiger partial charge in [-0.1, -0.05) is 18.1 Å². The smallest absolute Gasteiger partial charge is 0.319 e. The highest BCUT2D eigenvalue weighted by atomic mass is 19.1. The third-order valence-electron chi connectivity index (χ3n) is 9.91. The number of anilines is 1. The van der Waals surface area contributed by atoms with Crippen LogP contribution in [-0.2, 0) is 0 Å². The van der Waals surface area contributed by atoms with Crippen molar-refractivity contribution in [2.75, 3.05) is 44.2 Å². The Bertz CT molecular complexity index is 1800. The van der Waals surface area contributed by atoms with Crippen LogP contribution in [0.15, 0.2) is 36.5 Å². The highest BCUT2D eigenvalue weighted by molar-refractivity contribution is 6.02. The number of halogens is 2. The molecule has 10 heteroatoms. The molecule has 4 aliphatic heterocycles. The molecule has 2 N–H and O–H groups in total. The van der Waals surface area contributed by atoms with E-state index in [1.54, 1.807) is 24.4 Å². The number of fused-ring (bicyclic) bond motifs is 4. The zero-order chi connectivity index (χ0) is 29.3. The van der Waals surface area contributed by atoms with Crippen molar-refractivity contribution in [2.45, 2.75) is 43.4 Å². The minimum absolute atomic E-state index is 0.0235. The van der Waals surface area contributed by atoms with Gasteiger partial charge in [0.2, 0.25) is 0 Å². The molecule has 0 amide bonds. The van der Waals surface area contributed by atoms with E-state index in [2.05, 4.69) is 31.0 Å².